The van der Waals surface area contributed by atoms with Gasteiger partial charge in [-0.05, 0) is 48.0 Å². The summed E-state index contributed by atoms with van der Waals surface area (Å²) in [5.41, 5.74) is 6.01. The Morgan fingerprint density at radius 1 is 1.06 bits per heavy atom. The third-order valence-electron chi connectivity index (χ3n) is 5.25. The van der Waals surface area contributed by atoms with Crippen LogP contribution in [0.15, 0.2) is 65.3 Å². The van der Waals surface area contributed by atoms with E-state index in [2.05, 4.69) is 0 Å². The van der Waals surface area contributed by atoms with E-state index in [-0.39, 0.29) is 28.8 Å². The first-order valence-electron chi connectivity index (χ1n) is 9.62. The van der Waals surface area contributed by atoms with Gasteiger partial charge >= 0.3 is 0 Å². The monoisotopic (exact) mass is 435 g/mol. The van der Waals surface area contributed by atoms with Gasteiger partial charge in [0.1, 0.15) is 17.6 Å². The van der Waals surface area contributed by atoms with Crippen LogP contribution in [0.4, 0.5) is 4.39 Å². The zero-order valence-electron chi connectivity index (χ0n) is 16.9. The molecule has 0 saturated heterocycles. The summed E-state index contributed by atoms with van der Waals surface area (Å²) in [5.74, 6) is -2.66. The lowest BCUT2D eigenvalue weighted by Gasteiger charge is -2.26. The lowest BCUT2D eigenvalue weighted by Crippen LogP contribution is -2.39. The molecule has 4 amide bonds. The van der Waals surface area contributed by atoms with Crippen molar-refractivity contribution in [2.24, 2.45) is 5.73 Å². The number of likely N-dealkylation sites (N-methyl/N-ethyl adjacent to an activating group) is 1. The molecule has 0 bridgehead atoms. The highest BCUT2D eigenvalue weighted by Gasteiger charge is 2.37. The Hall–Kier alpha value is -4.27. The van der Waals surface area contributed by atoms with Crippen LogP contribution in [0.2, 0.25) is 0 Å². The summed E-state index contributed by atoms with van der Waals surface area (Å²) >= 11 is 0. The van der Waals surface area contributed by atoms with Crippen LogP contribution in [-0.4, -0.2) is 40.5 Å². The van der Waals surface area contributed by atoms with Crippen LogP contribution in [0.1, 0.15) is 48.4 Å². The van der Waals surface area contributed by atoms with E-state index in [9.17, 15) is 23.6 Å². The minimum Gasteiger partial charge on any atom is -0.467 e. The number of carbonyl (C=O) groups is 4. The maximum Gasteiger partial charge on any atom is 0.261 e. The minimum absolute atomic E-state index is 0.0359. The zero-order chi connectivity index (χ0) is 23.0. The summed E-state index contributed by atoms with van der Waals surface area (Å²) in [6.07, 6.45) is 1.44. The van der Waals surface area contributed by atoms with E-state index >= 15 is 0 Å². The number of nitrogens with zero attached hydrogens (tertiary/aromatic N) is 2. The second kappa shape index (κ2) is 8.10. The van der Waals surface area contributed by atoms with Crippen molar-refractivity contribution in [3.63, 3.8) is 0 Å². The van der Waals surface area contributed by atoms with Crippen LogP contribution in [0, 0.1) is 5.82 Å². The van der Waals surface area contributed by atoms with Gasteiger partial charge in [-0.3, -0.25) is 24.1 Å². The summed E-state index contributed by atoms with van der Waals surface area (Å²) in [5, 5.41) is 0. The summed E-state index contributed by atoms with van der Waals surface area (Å²) in [7, 11) is 1.35. The van der Waals surface area contributed by atoms with E-state index in [1.165, 1.54) is 49.7 Å². The highest BCUT2D eigenvalue weighted by atomic mass is 19.1. The lowest BCUT2D eigenvalue weighted by molar-refractivity contribution is -0.122. The van der Waals surface area contributed by atoms with Gasteiger partial charge in [-0.15, -0.1) is 0 Å². The molecule has 0 radical (unpaired) electrons. The van der Waals surface area contributed by atoms with Crippen LogP contribution in [-0.2, 0) is 11.3 Å². The van der Waals surface area contributed by atoms with Gasteiger partial charge in [0.15, 0.2) is 0 Å². The second-order valence-corrected chi connectivity index (χ2v) is 7.31. The number of hydrogen-bond donors (Lipinski definition) is 1. The molecule has 2 heterocycles. The number of benzene rings is 2. The van der Waals surface area contributed by atoms with Crippen molar-refractivity contribution in [1.82, 2.24) is 9.80 Å². The third-order valence-corrected chi connectivity index (χ3v) is 5.25. The number of carbonyl (C=O) groups excluding carboxylic acids is 4. The normalized spacial score (nSPS) is 13.8. The van der Waals surface area contributed by atoms with Crippen LogP contribution >= 0.6 is 0 Å². The number of amides is 4. The summed E-state index contributed by atoms with van der Waals surface area (Å²) in [6, 6.07) is 11.4. The number of imide groups is 1. The van der Waals surface area contributed by atoms with Crippen molar-refractivity contribution in [2.75, 3.05) is 7.05 Å². The van der Waals surface area contributed by atoms with Gasteiger partial charge in [0.25, 0.3) is 17.7 Å². The van der Waals surface area contributed by atoms with Crippen LogP contribution in [0.5, 0.6) is 0 Å². The molecule has 3 aromatic rings. The van der Waals surface area contributed by atoms with E-state index in [0.717, 1.165) is 15.9 Å². The number of primary amides is 1. The minimum atomic E-state index is -1.22. The first-order valence-corrected chi connectivity index (χ1v) is 9.62. The Bertz CT molecular complexity index is 1240. The molecule has 1 aliphatic rings. The fraction of sp³-hybridized carbons (Fsp3) is 0.130. The lowest BCUT2D eigenvalue weighted by atomic mass is 10.0. The Morgan fingerprint density at radius 2 is 1.81 bits per heavy atom. The third kappa shape index (κ3) is 3.64. The van der Waals surface area contributed by atoms with Gasteiger partial charge in [-0.1, -0.05) is 12.1 Å². The Balaban J connectivity index is 1.62. The van der Waals surface area contributed by atoms with Gasteiger partial charge in [-0.25, -0.2) is 4.39 Å². The van der Waals surface area contributed by atoms with E-state index < -0.39 is 35.5 Å². The van der Waals surface area contributed by atoms with Crippen molar-refractivity contribution in [2.45, 2.75) is 12.6 Å². The number of fused-ring (bicyclic) bond motifs is 1. The van der Waals surface area contributed by atoms with Gasteiger partial charge in [0.2, 0.25) is 5.91 Å². The standard InChI is InChI=1S/C23H18FN3O5/c1-26(19(20(25)28)13-4-2-5-15(24)10-13)21(29)14-7-8-17-18(11-14)23(31)27(22(17)30)12-16-6-3-9-32-16/h2-11,19H,12H2,1H3,(H2,25,28). The molecule has 8 nitrogen and oxygen atoms in total. The fourth-order valence-electron chi connectivity index (χ4n) is 3.70. The zero-order valence-corrected chi connectivity index (χ0v) is 16.9. The number of nitrogens with two attached hydrogens (primary N) is 1. The highest BCUT2D eigenvalue weighted by molar-refractivity contribution is 6.22. The molecule has 0 spiro atoms. The Labute approximate surface area is 182 Å². The average molecular weight is 435 g/mol. The van der Waals surface area contributed by atoms with Gasteiger partial charge in [-0.2, -0.15) is 0 Å². The predicted octanol–water partition coefficient (Wildman–Crippen LogP) is 2.51. The molecule has 0 fully saturated rings. The second-order valence-electron chi connectivity index (χ2n) is 7.31. The molecule has 1 unspecified atom stereocenters. The maximum absolute atomic E-state index is 13.6. The Kier molecular flexibility index (Phi) is 5.31. The van der Waals surface area contributed by atoms with Crippen molar-refractivity contribution in [1.29, 1.82) is 0 Å². The first-order chi connectivity index (χ1) is 15.3. The molecule has 4 rings (SSSR count). The predicted molar refractivity (Wildman–Crippen MR) is 110 cm³/mol. The summed E-state index contributed by atoms with van der Waals surface area (Å²) in [4.78, 5) is 52.7. The molecular formula is C23H18FN3O5. The number of hydrogen-bond acceptors (Lipinski definition) is 5. The number of rotatable bonds is 6. The van der Waals surface area contributed by atoms with Gasteiger partial charge in [0, 0.05) is 12.6 Å². The molecule has 2 N–H and O–H groups in total. The van der Waals surface area contributed by atoms with E-state index in [1.54, 1.807) is 12.1 Å². The molecule has 1 aromatic heterocycles. The van der Waals surface area contributed by atoms with Crippen molar-refractivity contribution < 1.29 is 28.0 Å². The molecule has 32 heavy (non-hydrogen) atoms. The summed E-state index contributed by atoms with van der Waals surface area (Å²) < 4.78 is 18.9. The smallest absolute Gasteiger partial charge is 0.261 e. The number of furan rings is 1. The molecule has 0 saturated carbocycles. The van der Waals surface area contributed by atoms with Crippen molar-refractivity contribution in [3.05, 3.63) is 94.7 Å². The molecule has 2 aromatic carbocycles. The molecular weight excluding hydrogens is 417 g/mol. The largest absolute Gasteiger partial charge is 0.467 e. The molecule has 1 atom stereocenters. The first kappa shape index (κ1) is 21.0. The van der Waals surface area contributed by atoms with Gasteiger partial charge in [0.05, 0.1) is 23.9 Å². The highest BCUT2D eigenvalue weighted by Crippen LogP contribution is 2.28. The molecule has 0 aliphatic carbocycles. The molecule has 1 aliphatic heterocycles. The van der Waals surface area contributed by atoms with Crippen LogP contribution in [0.3, 0.4) is 0 Å². The average Bonchev–Trinajstić information content (AvgIpc) is 3.36. The van der Waals surface area contributed by atoms with Gasteiger partial charge < -0.3 is 15.1 Å². The number of halogens is 1. The van der Waals surface area contributed by atoms with E-state index in [4.69, 9.17) is 10.2 Å². The maximum atomic E-state index is 13.6. The SMILES string of the molecule is CN(C(=O)c1ccc2c(c1)C(=O)N(Cc1ccco1)C2=O)C(C(N)=O)c1cccc(F)c1. The molecule has 162 valence electrons. The fourth-order valence-corrected chi connectivity index (χ4v) is 3.70. The topological polar surface area (TPSA) is 114 Å². The summed E-state index contributed by atoms with van der Waals surface area (Å²) in [6.45, 7) is -0.0359. The quantitative estimate of drug-likeness (QED) is 0.598. The molecule has 9 heteroatoms. The van der Waals surface area contributed by atoms with Crippen molar-refractivity contribution >= 4 is 23.6 Å². The van der Waals surface area contributed by atoms with Crippen LogP contribution < -0.4 is 5.73 Å². The van der Waals surface area contributed by atoms with Crippen molar-refractivity contribution in [3.8, 4) is 0 Å². The van der Waals surface area contributed by atoms with E-state index in [0.29, 0.717) is 5.76 Å². The Morgan fingerprint density at radius 3 is 2.47 bits per heavy atom. The van der Waals surface area contributed by atoms with E-state index in [1.807, 2.05) is 0 Å². The van der Waals surface area contributed by atoms with Crippen LogP contribution in [0.25, 0.3) is 0 Å².